The van der Waals surface area contributed by atoms with Gasteiger partial charge in [0, 0.05) is 0 Å². The third-order valence-electron chi connectivity index (χ3n) is 2.83. The summed E-state index contributed by atoms with van der Waals surface area (Å²) in [7, 11) is 0. The van der Waals surface area contributed by atoms with Crippen LogP contribution in [0.2, 0.25) is 0 Å². The molecule has 0 aliphatic carbocycles. The lowest BCUT2D eigenvalue weighted by atomic mass is 9.99. The Morgan fingerprint density at radius 3 is 2.80 bits per heavy atom. The van der Waals surface area contributed by atoms with Crippen molar-refractivity contribution in [2.24, 2.45) is 0 Å². The number of hydrogen-bond donors (Lipinski definition) is 0. The molecule has 2 rings (SSSR count). The van der Waals surface area contributed by atoms with Gasteiger partial charge in [0.15, 0.2) is 0 Å². The van der Waals surface area contributed by atoms with Crippen LogP contribution in [0.3, 0.4) is 0 Å². The van der Waals surface area contributed by atoms with Crippen LogP contribution in [-0.2, 0) is 6.42 Å². The van der Waals surface area contributed by atoms with E-state index in [2.05, 4.69) is 50.2 Å². The van der Waals surface area contributed by atoms with E-state index in [1.807, 2.05) is 0 Å². The maximum atomic E-state index is 3.96. The SMILES string of the molecule is [CH2]c1ccc2c(CCCC)cccc2c1. The van der Waals surface area contributed by atoms with E-state index >= 15 is 0 Å². The summed E-state index contributed by atoms with van der Waals surface area (Å²) in [5.74, 6) is 0. The molecule has 0 aliphatic rings. The first-order valence-electron chi connectivity index (χ1n) is 5.65. The average Bonchev–Trinajstić information content (AvgIpc) is 2.25. The van der Waals surface area contributed by atoms with Crippen LogP contribution in [0.25, 0.3) is 10.8 Å². The molecular weight excluding hydrogens is 180 g/mol. The van der Waals surface area contributed by atoms with E-state index in [0.717, 1.165) is 5.56 Å². The van der Waals surface area contributed by atoms with Crippen LogP contribution in [0.15, 0.2) is 36.4 Å². The van der Waals surface area contributed by atoms with Crippen LogP contribution in [-0.4, -0.2) is 0 Å². The number of fused-ring (bicyclic) bond motifs is 1. The van der Waals surface area contributed by atoms with Crippen molar-refractivity contribution >= 4 is 10.8 Å². The Balaban J connectivity index is 2.46. The molecule has 2 aromatic carbocycles. The highest BCUT2D eigenvalue weighted by Gasteiger charge is 2.00. The van der Waals surface area contributed by atoms with Gasteiger partial charge in [-0.3, -0.25) is 0 Å². The summed E-state index contributed by atoms with van der Waals surface area (Å²) in [5.41, 5.74) is 2.56. The first-order valence-corrected chi connectivity index (χ1v) is 5.65. The third-order valence-corrected chi connectivity index (χ3v) is 2.83. The van der Waals surface area contributed by atoms with E-state index in [0.29, 0.717) is 0 Å². The highest BCUT2D eigenvalue weighted by Crippen LogP contribution is 2.21. The minimum atomic E-state index is 1.09. The van der Waals surface area contributed by atoms with Crippen molar-refractivity contribution in [3.63, 3.8) is 0 Å². The monoisotopic (exact) mass is 197 g/mol. The van der Waals surface area contributed by atoms with Crippen molar-refractivity contribution in [3.05, 3.63) is 54.4 Å². The fraction of sp³-hybridized carbons (Fsp3) is 0.267. The average molecular weight is 197 g/mol. The second kappa shape index (κ2) is 4.48. The van der Waals surface area contributed by atoms with Crippen LogP contribution in [0, 0.1) is 6.92 Å². The van der Waals surface area contributed by atoms with Crippen molar-refractivity contribution in [3.8, 4) is 0 Å². The highest BCUT2D eigenvalue weighted by atomic mass is 14.0. The maximum Gasteiger partial charge on any atom is -0.0152 e. The van der Waals surface area contributed by atoms with Gasteiger partial charge in [-0.1, -0.05) is 49.7 Å². The van der Waals surface area contributed by atoms with Gasteiger partial charge in [-0.05, 0) is 41.7 Å². The van der Waals surface area contributed by atoms with Crippen molar-refractivity contribution in [1.29, 1.82) is 0 Å². The Kier molecular flexibility index (Phi) is 3.05. The van der Waals surface area contributed by atoms with E-state index in [1.165, 1.54) is 35.6 Å². The number of rotatable bonds is 3. The number of benzene rings is 2. The molecule has 0 amide bonds. The number of hydrogen-bond acceptors (Lipinski definition) is 0. The predicted octanol–water partition coefficient (Wildman–Crippen LogP) is 4.36. The molecule has 77 valence electrons. The second-order valence-corrected chi connectivity index (χ2v) is 4.08. The molecule has 0 spiro atoms. The van der Waals surface area contributed by atoms with Crippen LogP contribution in [0.4, 0.5) is 0 Å². The zero-order valence-corrected chi connectivity index (χ0v) is 9.29. The molecule has 1 radical (unpaired) electrons. The van der Waals surface area contributed by atoms with Gasteiger partial charge in [-0.2, -0.15) is 0 Å². The van der Waals surface area contributed by atoms with E-state index in [1.54, 1.807) is 0 Å². The molecule has 0 aliphatic heterocycles. The third kappa shape index (κ3) is 2.20. The van der Waals surface area contributed by atoms with E-state index < -0.39 is 0 Å². The molecule has 0 heterocycles. The number of unbranched alkanes of at least 4 members (excludes halogenated alkanes) is 1. The normalized spacial score (nSPS) is 10.8. The second-order valence-electron chi connectivity index (χ2n) is 4.08. The molecule has 0 atom stereocenters. The molecule has 0 fully saturated rings. The Morgan fingerprint density at radius 1 is 1.13 bits per heavy atom. The summed E-state index contributed by atoms with van der Waals surface area (Å²) < 4.78 is 0. The quantitative estimate of drug-likeness (QED) is 0.685. The Morgan fingerprint density at radius 2 is 2.00 bits per heavy atom. The van der Waals surface area contributed by atoms with Gasteiger partial charge < -0.3 is 0 Å². The van der Waals surface area contributed by atoms with Gasteiger partial charge in [0.2, 0.25) is 0 Å². The van der Waals surface area contributed by atoms with Crippen molar-refractivity contribution in [2.45, 2.75) is 26.2 Å². The summed E-state index contributed by atoms with van der Waals surface area (Å²) in [5, 5.41) is 2.70. The van der Waals surface area contributed by atoms with E-state index in [4.69, 9.17) is 0 Å². The molecular formula is C15H17. The van der Waals surface area contributed by atoms with Gasteiger partial charge in [0.25, 0.3) is 0 Å². The van der Waals surface area contributed by atoms with Gasteiger partial charge in [0.05, 0.1) is 0 Å². The lowest BCUT2D eigenvalue weighted by Crippen LogP contribution is -1.87. The zero-order chi connectivity index (χ0) is 10.7. The minimum Gasteiger partial charge on any atom is -0.0654 e. The summed E-state index contributed by atoms with van der Waals surface area (Å²) in [6.45, 7) is 6.20. The predicted molar refractivity (Wildman–Crippen MR) is 67.0 cm³/mol. The summed E-state index contributed by atoms with van der Waals surface area (Å²) in [4.78, 5) is 0. The van der Waals surface area contributed by atoms with Crippen LogP contribution in [0.1, 0.15) is 30.9 Å². The largest absolute Gasteiger partial charge is 0.0654 e. The van der Waals surface area contributed by atoms with Crippen molar-refractivity contribution < 1.29 is 0 Å². The molecule has 0 unspecified atom stereocenters. The maximum absolute atomic E-state index is 3.96. The topological polar surface area (TPSA) is 0 Å². The smallest absolute Gasteiger partial charge is 0.0152 e. The van der Waals surface area contributed by atoms with E-state index in [-0.39, 0.29) is 0 Å². The lowest BCUT2D eigenvalue weighted by molar-refractivity contribution is 0.799. The molecule has 15 heavy (non-hydrogen) atoms. The zero-order valence-electron chi connectivity index (χ0n) is 9.29. The molecule has 2 aromatic rings. The van der Waals surface area contributed by atoms with Crippen molar-refractivity contribution in [1.82, 2.24) is 0 Å². The van der Waals surface area contributed by atoms with Gasteiger partial charge >= 0.3 is 0 Å². The van der Waals surface area contributed by atoms with Gasteiger partial charge in [-0.15, -0.1) is 0 Å². The Labute approximate surface area is 91.9 Å². The lowest BCUT2D eigenvalue weighted by Gasteiger charge is -2.06. The molecule has 0 saturated heterocycles. The molecule has 0 nitrogen and oxygen atoms in total. The summed E-state index contributed by atoms with van der Waals surface area (Å²) in [6.07, 6.45) is 3.71. The minimum absolute atomic E-state index is 1.09. The van der Waals surface area contributed by atoms with Crippen molar-refractivity contribution in [2.75, 3.05) is 0 Å². The van der Waals surface area contributed by atoms with Crippen LogP contribution < -0.4 is 0 Å². The molecule has 0 heteroatoms. The first-order chi connectivity index (χ1) is 7.31. The highest BCUT2D eigenvalue weighted by molar-refractivity contribution is 5.86. The van der Waals surface area contributed by atoms with Gasteiger partial charge in [0.1, 0.15) is 0 Å². The fourth-order valence-electron chi connectivity index (χ4n) is 1.99. The summed E-state index contributed by atoms with van der Waals surface area (Å²) in [6, 6.07) is 13.0. The molecule has 0 saturated carbocycles. The van der Waals surface area contributed by atoms with Crippen LogP contribution >= 0.6 is 0 Å². The van der Waals surface area contributed by atoms with Crippen LogP contribution in [0.5, 0.6) is 0 Å². The molecule has 0 N–H and O–H groups in total. The van der Waals surface area contributed by atoms with E-state index in [9.17, 15) is 0 Å². The summed E-state index contributed by atoms with van der Waals surface area (Å²) >= 11 is 0. The molecule has 0 aromatic heterocycles. The fourth-order valence-corrected chi connectivity index (χ4v) is 1.99. The Bertz CT molecular complexity index is 455. The number of aryl methyl sites for hydroxylation is 1. The Hall–Kier alpha value is -1.30. The van der Waals surface area contributed by atoms with Gasteiger partial charge in [-0.25, -0.2) is 0 Å². The molecule has 0 bridgehead atoms. The standard InChI is InChI=1S/C15H17/c1-3-4-6-13-7-5-8-14-11-12(2)9-10-15(13)14/h5,7-11H,2-4,6H2,1H3. The first kappa shape index (κ1) is 10.2.